The Hall–Kier alpha value is -3.02. The van der Waals surface area contributed by atoms with E-state index in [1.165, 1.54) is 13.2 Å². The van der Waals surface area contributed by atoms with Crippen LogP contribution < -0.4 is 14.4 Å². The van der Waals surface area contributed by atoms with E-state index in [1.807, 2.05) is 0 Å². The van der Waals surface area contributed by atoms with Crippen LogP contribution in [0.2, 0.25) is 10.2 Å². The number of sulfonamides is 1. The standard InChI is InChI=1S/C23H20Cl2F3N3O4S/c1-35-15-5-3-14(4-6-15)13-31(36(33,34)12-2-10-26)18-8-7-17(24)21(20(18)28)30-23(32)16-9-11-29-22(25)19(16)27/h3-9,11H,2,10,12-13H2,1H3,(H,30,32). The van der Waals surface area contributed by atoms with Crippen LogP contribution in [0.25, 0.3) is 0 Å². The Balaban J connectivity index is 2.04. The summed E-state index contributed by atoms with van der Waals surface area (Å²) in [5, 5.41) is 1.33. The molecular formula is C23H20Cl2F3N3O4S. The predicted octanol–water partition coefficient (Wildman–Crippen LogP) is 5.62. The molecule has 1 N–H and O–H groups in total. The Morgan fingerprint density at radius 3 is 2.42 bits per heavy atom. The zero-order chi connectivity index (χ0) is 26.5. The Morgan fingerprint density at radius 2 is 1.78 bits per heavy atom. The van der Waals surface area contributed by atoms with Crippen LogP contribution in [0.4, 0.5) is 24.5 Å². The molecule has 0 radical (unpaired) electrons. The van der Waals surface area contributed by atoms with Crippen LogP contribution >= 0.6 is 23.2 Å². The fourth-order valence-corrected chi connectivity index (χ4v) is 5.03. The maximum Gasteiger partial charge on any atom is 0.258 e. The monoisotopic (exact) mass is 561 g/mol. The molecule has 0 aliphatic heterocycles. The van der Waals surface area contributed by atoms with E-state index in [0.29, 0.717) is 11.3 Å². The summed E-state index contributed by atoms with van der Waals surface area (Å²) in [4.78, 5) is 16.1. The first-order valence-electron chi connectivity index (χ1n) is 10.4. The summed E-state index contributed by atoms with van der Waals surface area (Å²) in [5.41, 5.74) is -1.07. The average molecular weight is 562 g/mol. The number of pyridine rings is 1. The highest BCUT2D eigenvalue weighted by Gasteiger charge is 2.28. The third-order valence-electron chi connectivity index (χ3n) is 5.03. The molecule has 36 heavy (non-hydrogen) atoms. The van der Waals surface area contributed by atoms with Gasteiger partial charge in [0.15, 0.2) is 16.8 Å². The second-order valence-electron chi connectivity index (χ2n) is 7.39. The molecule has 0 unspecified atom stereocenters. The fourth-order valence-electron chi connectivity index (χ4n) is 3.20. The maximum absolute atomic E-state index is 15.7. The van der Waals surface area contributed by atoms with E-state index in [2.05, 4.69) is 10.3 Å². The molecule has 0 aliphatic carbocycles. The number of methoxy groups -OCH3 is 1. The molecule has 0 spiro atoms. The van der Waals surface area contributed by atoms with Gasteiger partial charge >= 0.3 is 0 Å². The number of nitrogens with zero attached hydrogens (tertiary/aromatic N) is 2. The van der Waals surface area contributed by atoms with Crippen molar-refractivity contribution in [2.24, 2.45) is 0 Å². The fraction of sp³-hybridized carbons (Fsp3) is 0.217. The molecular weight excluding hydrogens is 542 g/mol. The lowest BCUT2D eigenvalue weighted by atomic mass is 10.2. The van der Waals surface area contributed by atoms with E-state index >= 15 is 4.39 Å². The number of anilines is 2. The number of aromatic nitrogens is 1. The quantitative estimate of drug-likeness (QED) is 0.324. The molecule has 7 nitrogen and oxygen atoms in total. The minimum Gasteiger partial charge on any atom is -0.497 e. The first-order valence-corrected chi connectivity index (χ1v) is 12.7. The van der Waals surface area contributed by atoms with Gasteiger partial charge in [-0.1, -0.05) is 35.3 Å². The van der Waals surface area contributed by atoms with Gasteiger partial charge in [0, 0.05) is 6.20 Å². The van der Waals surface area contributed by atoms with Gasteiger partial charge in [0.2, 0.25) is 10.0 Å². The third kappa shape index (κ3) is 6.21. The molecule has 0 aliphatic rings. The van der Waals surface area contributed by atoms with Crippen molar-refractivity contribution in [3.05, 3.63) is 81.6 Å². The van der Waals surface area contributed by atoms with Crippen LogP contribution in [0, 0.1) is 11.6 Å². The minimum absolute atomic E-state index is 0.268. The molecule has 0 fully saturated rings. The van der Waals surface area contributed by atoms with Crippen molar-refractivity contribution in [2.45, 2.75) is 13.0 Å². The van der Waals surface area contributed by atoms with Gasteiger partial charge in [0.25, 0.3) is 5.91 Å². The maximum atomic E-state index is 15.7. The van der Waals surface area contributed by atoms with E-state index in [-0.39, 0.29) is 18.0 Å². The van der Waals surface area contributed by atoms with Gasteiger partial charge in [-0.25, -0.2) is 22.2 Å². The van der Waals surface area contributed by atoms with Crippen molar-refractivity contribution in [1.29, 1.82) is 0 Å². The number of nitrogens with one attached hydrogen (secondary N) is 1. The van der Waals surface area contributed by atoms with Gasteiger partial charge in [0.05, 0.1) is 48.0 Å². The summed E-state index contributed by atoms with van der Waals surface area (Å²) in [6.45, 7) is -1.20. The van der Waals surface area contributed by atoms with Crippen LogP contribution in [-0.4, -0.2) is 38.8 Å². The van der Waals surface area contributed by atoms with Gasteiger partial charge in [0.1, 0.15) is 5.75 Å². The summed E-state index contributed by atoms with van der Waals surface area (Å²) in [5.74, 6) is -3.47. The third-order valence-corrected chi connectivity index (χ3v) is 7.41. The molecule has 13 heteroatoms. The van der Waals surface area contributed by atoms with Gasteiger partial charge in [-0.3, -0.25) is 13.5 Å². The first-order chi connectivity index (χ1) is 17.1. The molecule has 0 atom stereocenters. The lowest BCUT2D eigenvalue weighted by Crippen LogP contribution is -2.33. The average Bonchev–Trinajstić information content (AvgIpc) is 2.86. The molecule has 0 saturated carbocycles. The number of amides is 1. The van der Waals surface area contributed by atoms with E-state index < -0.39 is 62.1 Å². The molecule has 3 rings (SSSR count). The highest BCUT2D eigenvalue weighted by molar-refractivity contribution is 7.92. The molecule has 1 aromatic heterocycles. The van der Waals surface area contributed by atoms with Gasteiger partial charge in [-0.15, -0.1) is 0 Å². The smallest absolute Gasteiger partial charge is 0.258 e. The highest BCUT2D eigenvalue weighted by atomic mass is 35.5. The van der Waals surface area contributed by atoms with Gasteiger partial charge < -0.3 is 10.1 Å². The topological polar surface area (TPSA) is 88.6 Å². The summed E-state index contributed by atoms with van der Waals surface area (Å²) >= 11 is 11.7. The number of ether oxygens (including phenoxy) is 1. The lowest BCUT2D eigenvalue weighted by molar-refractivity contribution is 0.102. The number of alkyl halides is 1. The molecule has 3 aromatic rings. The van der Waals surface area contributed by atoms with Crippen LogP contribution in [0.15, 0.2) is 48.7 Å². The number of carbonyl (C=O) groups excluding carboxylic acids is 1. The molecule has 1 amide bonds. The summed E-state index contributed by atoms with van der Waals surface area (Å²) in [6, 6.07) is 9.69. The summed E-state index contributed by atoms with van der Waals surface area (Å²) < 4.78 is 74.7. The number of hydrogen-bond acceptors (Lipinski definition) is 5. The Morgan fingerprint density at radius 1 is 1.08 bits per heavy atom. The van der Waals surface area contributed by atoms with Crippen molar-refractivity contribution < 1.29 is 31.1 Å². The summed E-state index contributed by atoms with van der Waals surface area (Å²) in [7, 11) is -2.75. The number of benzene rings is 2. The van der Waals surface area contributed by atoms with Crippen molar-refractivity contribution in [3.8, 4) is 5.75 Å². The SMILES string of the molecule is COc1ccc(CN(c2ccc(Cl)c(NC(=O)c3ccnc(Cl)c3F)c2F)S(=O)(=O)CCCF)cc1. The van der Waals surface area contributed by atoms with Crippen LogP contribution in [-0.2, 0) is 16.6 Å². The van der Waals surface area contributed by atoms with Gasteiger partial charge in [-0.2, -0.15) is 0 Å². The molecule has 1 heterocycles. The lowest BCUT2D eigenvalue weighted by Gasteiger charge is -2.26. The minimum atomic E-state index is -4.22. The molecule has 0 bridgehead atoms. The Bertz CT molecular complexity index is 1360. The molecule has 0 saturated heterocycles. The van der Waals surface area contributed by atoms with Crippen molar-refractivity contribution in [3.63, 3.8) is 0 Å². The zero-order valence-corrected chi connectivity index (χ0v) is 21.1. The van der Waals surface area contributed by atoms with E-state index in [4.69, 9.17) is 27.9 Å². The van der Waals surface area contributed by atoms with E-state index in [9.17, 15) is 22.0 Å². The predicted molar refractivity (Wildman–Crippen MR) is 132 cm³/mol. The Kier molecular flexibility index (Phi) is 9.04. The van der Waals surface area contributed by atoms with E-state index in [1.54, 1.807) is 24.3 Å². The number of halogens is 5. The van der Waals surface area contributed by atoms with Crippen LogP contribution in [0.1, 0.15) is 22.3 Å². The van der Waals surface area contributed by atoms with Crippen molar-refractivity contribution in [2.75, 3.05) is 29.2 Å². The first kappa shape index (κ1) is 27.6. The van der Waals surface area contributed by atoms with Crippen LogP contribution in [0.5, 0.6) is 5.75 Å². The van der Waals surface area contributed by atoms with Gasteiger partial charge in [-0.05, 0) is 42.3 Å². The largest absolute Gasteiger partial charge is 0.497 e. The normalized spacial score (nSPS) is 11.3. The summed E-state index contributed by atoms with van der Waals surface area (Å²) in [6.07, 6.45) is 0.783. The van der Waals surface area contributed by atoms with Crippen molar-refractivity contribution in [1.82, 2.24) is 4.98 Å². The van der Waals surface area contributed by atoms with Crippen LogP contribution in [0.3, 0.4) is 0 Å². The molecule has 192 valence electrons. The number of rotatable bonds is 10. The number of hydrogen-bond donors (Lipinski definition) is 1. The second-order valence-corrected chi connectivity index (χ2v) is 10.2. The number of carbonyl (C=O) groups is 1. The zero-order valence-electron chi connectivity index (χ0n) is 18.8. The Labute approximate surface area is 215 Å². The van der Waals surface area contributed by atoms with Crippen molar-refractivity contribution >= 4 is 50.5 Å². The second kappa shape index (κ2) is 11.8. The highest BCUT2D eigenvalue weighted by Crippen LogP contribution is 2.35. The molecule has 2 aromatic carbocycles. The van der Waals surface area contributed by atoms with E-state index in [0.717, 1.165) is 22.6 Å².